The Morgan fingerprint density at radius 1 is 0.789 bits per heavy atom. The third-order valence-corrected chi connectivity index (χ3v) is 2.89. The molecule has 0 unspecified atom stereocenters. The summed E-state index contributed by atoms with van der Waals surface area (Å²) >= 11 is 0. The van der Waals surface area contributed by atoms with Gasteiger partial charge < -0.3 is 4.98 Å². The van der Waals surface area contributed by atoms with Gasteiger partial charge in [0.1, 0.15) is 0 Å². The van der Waals surface area contributed by atoms with Crippen LogP contribution in [-0.4, -0.2) is 4.98 Å². The van der Waals surface area contributed by atoms with Crippen LogP contribution in [0.15, 0.2) is 46.6 Å². The molecule has 0 fully saturated rings. The number of rotatable bonds is 2. The molecule has 7 nitrogen and oxygen atoms in total. The second-order valence-electron chi connectivity index (χ2n) is 3.96. The van der Waals surface area contributed by atoms with Crippen molar-refractivity contribution in [2.45, 2.75) is 0 Å². The van der Waals surface area contributed by atoms with Crippen LogP contribution in [0.2, 0.25) is 0 Å². The number of benzene rings is 2. The number of aromatic amines is 1. The maximum absolute atomic E-state index is 8.47. The second kappa shape index (κ2) is 4.27. The standard InChI is InChI=1S/C12H7N7/c13-18-16-7-1-3-11-9(5-7)10-6-8(17-19-14)2-4-12(10)15-11/h1-6,15H. The summed E-state index contributed by atoms with van der Waals surface area (Å²) in [6.07, 6.45) is 0. The minimum Gasteiger partial charge on any atom is -0.355 e. The van der Waals surface area contributed by atoms with Gasteiger partial charge in [-0.15, -0.1) is 0 Å². The van der Waals surface area contributed by atoms with E-state index in [4.69, 9.17) is 11.1 Å². The molecule has 0 spiro atoms. The molecule has 1 heterocycles. The van der Waals surface area contributed by atoms with Crippen LogP contribution in [-0.2, 0) is 0 Å². The Bertz CT molecular complexity index is 807. The van der Waals surface area contributed by atoms with Crippen molar-refractivity contribution in [3.05, 3.63) is 57.3 Å². The predicted octanol–water partition coefficient (Wildman–Crippen LogP) is 5.20. The summed E-state index contributed by atoms with van der Waals surface area (Å²) in [7, 11) is 0. The third kappa shape index (κ3) is 1.81. The van der Waals surface area contributed by atoms with Gasteiger partial charge in [0.05, 0.1) is 0 Å². The summed E-state index contributed by atoms with van der Waals surface area (Å²) in [5, 5.41) is 9.02. The van der Waals surface area contributed by atoms with Crippen LogP contribution in [0.25, 0.3) is 42.7 Å². The number of hydrogen-bond donors (Lipinski definition) is 1. The van der Waals surface area contributed by atoms with Crippen LogP contribution in [0.5, 0.6) is 0 Å². The van der Waals surface area contributed by atoms with Crippen molar-refractivity contribution in [1.29, 1.82) is 0 Å². The number of H-pyrrole nitrogens is 1. The SMILES string of the molecule is [N-]=[N+]=Nc1ccc2[nH]c3ccc(N=[N+]=[N-])cc3c2c1. The molecule has 90 valence electrons. The van der Waals surface area contributed by atoms with E-state index < -0.39 is 0 Å². The first-order valence-corrected chi connectivity index (χ1v) is 5.47. The van der Waals surface area contributed by atoms with E-state index >= 15 is 0 Å². The van der Waals surface area contributed by atoms with Crippen molar-refractivity contribution in [2.24, 2.45) is 10.2 Å². The Morgan fingerprint density at radius 3 is 1.68 bits per heavy atom. The van der Waals surface area contributed by atoms with E-state index in [0.717, 1.165) is 21.8 Å². The molecule has 0 radical (unpaired) electrons. The van der Waals surface area contributed by atoms with Crippen LogP contribution in [0, 0.1) is 0 Å². The highest BCUT2D eigenvalue weighted by Crippen LogP contribution is 2.31. The second-order valence-corrected chi connectivity index (χ2v) is 3.96. The molecule has 0 saturated heterocycles. The molecule has 0 atom stereocenters. The number of fused-ring (bicyclic) bond motifs is 3. The Labute approximate surface area is 106 Å². The first kappa shape index (κ1) is 11.0. The normalized spacial score (nSPS) is 10.1. The predicted molar refractivity (Wildman–Crippen MR) is 73.4 cm³/mol. The number of azide groups is 2. The summed E-state index contributed by atoms with van der Waals surface area (Å²) < 4.78 is 0. The first-order chi connectivity index (χ1) is 9.31. The molecule has 0 amide bonds. The lowest BCUT2D eigenvalue weighted by molar-refractivity contribution is 1.48. The van der Waals surface area contributed by atoms with Crippen molar-refractivity contribution < 1.29 is 0 Å². The van der Waals surface area contributed by atoms with Crippen molar-refractivity contribution in [3.8, 4) is 0 Å². The van der Waals surface area contributed by atoms with E-state index in [2.05, 4.69) is 25.0 Å². The number of aromatic nitrogens is 1. The van der Waals surface area contributed by atoms with E-state index in [-0.39, 0.29) is 0 Å². The summed E-state index contributed by atoms with van der Waals surface area (Å²) in [4.78, 5) is 8.79. The highest BCUT2D eigenvalue weighted by Gasteiger charge is 2.05. The molecule has 3 rings (SSSR count). The maximum Gasteiger partial charge on any atom is 0.0465 e. The lowest BCUT2D eigenvalue weighted by Gasteiger charge is -1.94. The van der Waals surface area contributed by atoms with Gasteiger partial charge in [0.15, 0.2) is 0 Å². The average Bonchev–Trinajstić information content (AvgIpc) is 2.77. The van der Waals surface area contributed by atoms with Crippen molar-refractivity contribution >= 4 is 33.2 Å². The van der Waals surface area contributed by atoms with Crippen LogP contribution in [0.3, 0.4) is 0 Å². The van der Waals surface area contributed by atoms with Crippen LogP contribution < -0.4 is 0 Å². The molecule has 7 heteroatoms. The molecule has 0 aliphatic rings. The number of nitrogens with zero attached hydrogens (tertiary/aromatic N) is 6. The van der Waals surface area contributed by atoms with E-state index in [1.165, 1.54) is 0 Å². The van der Waals surface area contributed by atoms with Gasteiger partial charge in [-0.1, -0.05) is 22.4 Å². The van der Waals surface area contributed by atoms with Crippen molar-refractivity contribution in [2.75, 3.05) is 0 Å². The van der Waals surface area contributed by atoms with E-state index in [1.807, 2.05) is 12.1 Å². The largest absolute Gasteiger partial charge is 0.355 e. The zero-order valence-electron chi connectivity index (χ0n) is 9.65. The Hall–Kier alpha value is -3.14. The summed E-state index contributed by atoms with van der Waals surface area (Å²) in [6.45, 7) is 0. The van der Waals surface area contributed by atoms with Gasteiger partial charge >= 0.3 is 0 Å². The van der Waals surface area contributed by atoms with Crippen LogP contribution in [0.1, 0.15) is 0 Å². The molecule has 1 aromatic heterocycles. The molecular formula is C12H7N7. The summed E-state index contributed by atoms with van der Waals surface area (Å²) in [5.74, 6) is 0. The highest BCUT2D eigenvalue weighted by atomic mass is 15.1. The molecule has 1 N–H and O–H groups in total. The Kier molecular flexibility index (Phi) is 2.47. The monoisotopic (exact) mass is 249 g/mol. The zero-order chi connectivity index (χ0) is 13.2. The van der Waals surface area contributed by atoms with Gasteiger partial charge in [0, 0.05) is 43.0 Å². The summed E-state index contributed by atoms with van der Waals surface area (Å²) in [5.41, 5.74) is 19.9. The molecule has 3 aromatic rings. The fraction of sp³-hybridized carbons (Fsp3) is 0. The van der Waals surface area contributed by atoms with Crippen LogP contribution >= 0.6 is 0 Å². The highest BCUT2D eigenvalue weighted by molar-refractivity contribution is 6.08. The maximum atomic E-state index is 8.47. The Morgan fingerprint density at radius 2 is 1.26 bits per heavy atom. The topological polar surface area (TPSA) is 113 Å². The van der Waals surface area contributed by atoms with Crippen molar-refractivity contribution in [1.82, 2.24) is 4.98 Å². The van der Waals surface area contributed by atoms with Crippen molar-refractivity contribution in [3.63, 3.8) is 0 Å². The molecule has 0 aliphatic carbocycles. The minimum absolute atomic E-state index is 0.546. The molecule has 0 bridgehead atoms. The zero-order valence-corrected chi connectivity index (χ0v) is 9.65. The van der Waals surface area contributed by atoms with Gasteiger partial charge in [0.2, 0.25) is 0 Å². The Balaban J connectivity index is 2.36. The average molecular weight is 249 g/mol. The van der Waals surface area contributed by atoms with E-state index in [9.17, 15) is 0 Å². The fourth-order valence-corrected chi connectivity index (χ4v) is 2.10. The molecule has 0 aliphatic heterocycles. The summed E-state index contributed by atoms with van der Waals surface area (Å²) in [6, 6.07) is 10.8. The first-order valence-electron chi connectivity index (χ1n) is 5.47. The smallest absolute Gasteiger partial charge is 0.0465 e. The number of nitrogens with one attached hydrogen (secondary N) is 1. The quantitative estimate of drug-likeness (QED) is 0.365. The fourth-order valence-electron chi connectivity index (χ4n) is 2.10. The molecule has 2 aromatic carbocycles. The van der Waals surface area contributed by atoms with E-state index in [1.54, 1.807) is 24.3 Å². The lowest BCUT2D eigenvalue weighted by atomic mass is 10.1. The van der Waals surface area contributed by atoms with Crippen LogP contribution in [0.4, 0.5) is 11.4 Å². The molecule has 0 saturated carbocycles. The lowest BCUT2D eigenvalue weighted by Crippen LogP contribution is -1.67. The van der Waals surface area contributed by atoms with Gasteiger partial charge in [0.25, 0.3) is 0 Å². The van der Waals surface area contributed by atoms with Gasteiger partial charge in [-0.3, -0.25) is 0 Å². The number of hydrogen-bond acceptors (Lipinski definition) is 2. The van der Waals surface area contributed by atoms with Gasteiger partial charge in [-0.05, 0) is 35.3 Å². The van der Waals surface area contributed by atoms with E-state index in [0.29, 0.717) is 11.4 Å². The molecular weight excluding hydrogens is 242 g/mol. The van der Waals surface area contributed by atoms with Gasteiger partial charge in [-0.2, -0.15) is 0 Å². The molecule has 19 heavy (non-hydrogen) atoms. The van der Waals surface area contributed by atoms with Gasteiger partial charge in [-0.25, -0.2) is 0 Å². The minimum atomic E-state index is 0.546. The third-order valence-electron chi connectivity index (χ3n) is 2.89.